The van der Waals surface area contributed by atoms with Crippen LogP contribution in [0.1, 0.15) is 181 Å². The van der Waals surface area contributed by atoms with Crippen LogP contribution in [0.4, 0.5) is 0 Å². The lowest BCUT2D eigenvalue weighted by Crippen LogP contribution is -2.37. The zero-order chi connectivity index (χ0) is 45.7. The summed E-state index contributed by atoms with van der Waals surface area (Å²) in [6.07, 6.45) is 56.2. The molecule has 0 spiro atoms. The summed E-state index contributed by atoms with van der Waals surface area (Å²) < 4.78 is 33.9. The van der Waals surface area contributed by atoms with Gasteiger partial charge in [-0.15, -0.1) is 0 Å². The van der Waals surface area contributed by atoms with Gasteiger partial charge in [-0.3, -0.25) is 14.2 Å². The van der Waals surface area contributed by atoms with E-state index >= 15 is 0 Å². The van der Waals surface area contributed by atoms with E-state index in [1.165, 1.54) is 83.5 Å². The van der Waals surface area contributed by atoms with Crippen molar-refractivity contribution in [3.8, 4) is 0 Å². The number of quaternary nitrogens is 1. The highest BCUT2D eigenvalue weighted by atomic mass is 31.2. The van der Waals surface area contributed by atoms with Gasteiger partial charge in [-0.05, 0) is 83.5 Å². The highest BCUT2D eigenvalue weighted by Gasteiger charge is 2.21. The van der Waals surface area contributed by atoms with Gasteiger partial charge in [0.05, 0.1) is 27.7 Å². The Balaban J connectivity index is 4.43. The van der Waals surface area contributed by atoms with Gasteiger partial charge in [-0.1, -0.05) is 170 Å². The molecule has 0 aliphatic rings. The topological polar surface area (TPSA) is 111 Å². The average molecular weight is 888 g/mol. The Kier molecular flexibility index (Phi) is 41.5. The van der Waals surface area contributed by atoms with Crippen molar-refractivity contribution in [3.63, 3.8) is 0 Å². The highest BCUT2D eigenvalue weighted by Crippen LogP contribution is 2.38. The maximum Gasteiger partial charge on any atom is 0.306 e. The molecule has 2 atom stereocenters. The van der Waals surface area contributed by atoms with Crippen molar-refractivity contribution in [3.05, 3.63) is 85.1 Å². The molecular weight excluding hydrogens is 798 g/mol. The molecule has 0 aromatic carbocycles. The molecule has 0 aliphatic heterocycles. The Morgan fingerprint density at radius 2 is 0.903 bits per heavy atom. The summed E-state index contributed by atoms with van der Waals surface area (Å²) in [6.45, 7) is 4.08. The molecule has 0 bridgehead atoms. The van der Waals surface area contributed by atoms with Crippen LogP contribution < -0.4 is 4.89 Å². The van der Waals surface area contributed by atoms with E-state index < -0.39 is 32.5 Å². The molecule has 356 valence electrons. The lowest BCUT2D eigenvalue weighted by atomic mass is 10.1. The summed E-state index contributed by atoms with van der Waals surface area (Å²) in [5, 5.41) is 0. The minimum atomic E-state index is -4.65. The van der Waals surface area contributed by atoms with E-state index in [1.807, 2.05) is 33.3 Å². The van der Waals surface area contributed by atoms with Crippen molar-refractivity contribution in [1.29, 1.82) is 0 Å². The SMILES string of the molecule is CCCCC/C=C\C/C=C\C/C=C\C/C=C\C/C=C\CCC(=O)OC[C@H](COP(=O)([O-])OCC[N+](C)(C)C)OC(=O)CCCCCCCCCCC/C=C\C/C=C\CCCCC. The normalized spacial score (nSPS) is 14.2. The molecule has 0 saturated carbocycles. The standard InChI is InChI=1S/C52H90NO8P/c1-6-8-10-12-14-16-18-20-22-24-26-28-30-32-34-36-38-40-42-44-51(54)58-48-50(49-60-62(56,57)59-47-46-53(3,4)5)61-52(55)45-43-41-39-37-35-33-31-29-27-25-23-21-19-17-15-13-11-9-7-2/h14-17,20-23,26,28,32,34,38,40,50H,6-13,18-19,24-25,27,29-31,33,35-37,39,41-49H2,1-5H3/b16-14-,17-15-,22-20-,23-21-,28-26-,34-32-,40-38-/t50-/m1/s1. The largest absolute Gasteiger partial charge is 0.756 e. The lowest BCUT2D eigenvalue weighted by molar-refractivity contribution is -0.870. The van der Waals surface area contributed by atoms with Crippen molar-refractivity contribution < 1.29 is 42.1 Å². The fraction of sp³-hybridized carbons (Fsp3) is 0.692. The maximum atomic E-state index is 12.7. The summed E-state index contributed by atoms with van der Waals surface area (Å²) in [7, 11) is 1.11. The Hall–Kier alpha value is -2.81. The van der Waals surface area contributed by atoms with Gasteiger partial charge >= 0.3 is 11.9 Å². The van der Waals surface area contributed by atoms with Crippen LogP contribution in [-0.4, -0.2) is 70.0 Å². The van der Waals surface area contributed by atoms with Crippen LogP contribution in [0.3, 0.4) is 0 Å². The van der Waals surface area contributed by atoms with Gasteiger partial charge in [0.2, 0.25) is 0 Å². The van der Waals surface area contributed by atoms with E-state index in [0.29, 0.717) is 23.9 Å². The number of hydrogen-bond acceptors (Lipinski definition) is 8. The van der Waals surface area contributed by atoms with Crippen LogP contribution in [0.15, 0.2) is 85.1 Å². The van der Waals surface area contributed by atoms with Gasteiger partial charge in [-0.2, -0.15) is 0 Å². The van der Waals surface area contributed by atoms with Gasteiger partial charge in [0.25, 0.3) is 7.82 Å². The number of likely N-dealkylation sites (N-methyl/N-ethyl adjacent to an activating group) is 1. The summed E-state index contributed by atoms with van der Waals surface area (Å²) in [5.41, 5.74) is 0. The average Bonchev–Trinajstić information content (AvgIpc) is 3.23. The Bertz CT molecular complexity index is 1330. The van der Waals surface area contributed by atoms with Crippen LogP contribution in [0.5, 0.6) is 0 Å². The fourth-order valence-electron chi connectivity index (χ4n) is 6.08. The molecule has 0 rings (SSSR count). The van der Waals surface area contributed by atoms with Gasteiger partial charge in [-0.25, -0.2) is 0 Å². The van der Waals surface area contributed by atoms with Gasteiger partial charge in [0.15, 0.2) is 6.10 Å². The van der Waals surface area contributed by atoms with E-state index in [0.717, 1.165) is 57.8 Å². The number of rotatable bonds is 43. The molecular formula is C52H90NO8P. The zero-order valence-corrected chi connectivity index (χ0v) is 40.9. The van der Waals surface area contributed by atoms with Crippen LogP contribution in [0.25, 0.3) is 0 Å². The summed E-state index contributed by atoms with van der Waals surface area (Å²) >= 11 is 0. The van der Waals surface area contributed by atoms with Crippen molar-refractivity contribution in [2.45, 2.75) is 187 Å². The molecule has 0 radical (unpaired) electrons. The van der Waals surface area contributed by atoms with Crippen molar-refractivity contribution in [1.82, 2.24) is 0 Å². The molecule has 0 fully saturated rings. The molecule has 0 amide bonds. The fourth-order valence-corrected chi connectivity index (χ4v) is 6.81. The van der Waals surface area contributed by atoms with Gasteiger partial charge in [0, 0.05) is 12.8 Å². The molecule has 0 N–H and O–H groups in total. The molecule has 9 nitrogen and oxygen atoms in total. The first kappa shape index (κ1) is 59.2. The molecule has 62 heavy (non-hydrogen) atoms. The lowest BCUT2D eigenvalue weighted by Gasteiger charge is -2.28. The third kappa shape index (κ3) is 46.7. The smallest absolute Gasteiger partial charge is 0.306 e. The maximum absolute atomic E-state index is 12.7. The highest BCUT2D eigenvalue weighted by molar-refractivity contribution is 7.45. The number of allylic oxidation sites excluding steroid dienone is 14. The first-order chi connectivity index (χ1) is 30.0. The second-order valence-electron chi connectivity index (χ2n) is 17.1. The van der Waals surface area contributed by atoms with Gasteiger partial charge in [0.1, 0.15) is 19.8 Å². The van der Waals surface area contributed by atoms with Crippen LogP contribution in [0.2, 0.25) is 0 Å². The summed E-state index contributed by atoms with van der Waals surface area (Å²) in [4.78, 5) is 37.6. The monoisotopic (exact) mass is 888 g/mol. The number of nitrogens with zero attached hydrogens (tertiary/aromatic N) is 1. The van der Waals surface area contributed by atoms with Crippen LogP contribution >= 0.6 is 7.82 Å². The Morgan fingerprint density at radius 1 is 0.500 bits per heavy atom. The molecule has 0 aromatic heterocycles. The third-order valence-electron chi connectivity index (χ3n) is 9.90. The van der Waals surface area contributed by atoms with Crippen molar-refractivity contribution in [2.24, 2.45) is 0 Å². The molecule has 0 aromatic rings. The minimum Gasteiger partial charge on any atom is -0.756 e. The second kappa shape index (κ2) is 43.4. The van der Waals surface area contributed by atoms with Gasteiger partial charge < -0.3 is 27.9 Å². The van der Waals surface area contributed by atoms with Crippen molar-refractivity contribution in [2.75, 3.05) is 47.5 Å². The number of phosphoric ester groups is 1. The first-order valence-corrected chi connectivity index (χ1v) is 25.8. The van der Waals surface area contributed by atoms with Crippen LogP contribution in [-0.2, 0) is 32.7 Å². The third-order valence-corrected chi connectivity index (χ3v) is 10.9. The molecule has 0 heterocycles. The predicted molar refractivity (Wildman–Crippen MR) is 259 cm³/mol. The van der Waals surface area contributed by atoms with Crippen molar-refractivity contribution >= 4 is 19.8 Å². The Morgan fingerprint density at radius 3 is 1.35 bits per heavy atom. The molecule has 1 unspecified atom stereocenters. The van der Waals surface area contributed by atoms with E-state index in [4.69, 9.17) is 18.5 Å². The number of carbonyl (C=O) groups is 2. The number of ether oxygens (including phenoxy) is 2. The number of carbonyl (C=O) groups excluding carboxylic acids is 2. The molecule has 0 aliphatic carbocycles. The minimum absolute atomic E-state index is 0.0468. The number of unbranched alkanes of at least 4 members (excludes halogenated alkanes) is 15. The first-order valence-electron chi connectivity index (χ1n) is 24.3. The van der Waals surface area contributed by atoms with E-state index in [1.54, 1.807) is 0 Å². The number of phosphoric acid groups is 1. The van der Waals surface area contributed by atoms with Crippen LogP contribution in [0, 0.1) is 0 Å². The van der Waals surface area contributed by atoms with E-state index in [-0.39, 0.29) is 26.1 Å². The quantitative estimate of drug-likeness (QED) is 0.0196. The van der Waals surface area contributed by atoms with E-state index in [2.05, 4.69) is 86.8 Å². The predicted octanol–water partition coefficient (Wildman–Crippen LogP) is 13.7. The molecule has 10 heteroatoms. The molecule has 0 saturated heterocycles. The summed E-state index contributed by atoms with van der Waals surface area (Å²) in [5.74, 6) is -0.940. The number of esters is 2. The number of hydrogen-bond donors (Lipinski definition) is 0. The van der Waals surface area contributed by atoms with E-state index in [9.17, 15) is 19.0 Å². The second-order valence-corrected chi connectivity index (χ2v) is 18.5. The zero-order valence-electron chi connectivity index (χ0n) is 40.0. The Labute approximate surface area is 380 Å². The summed E-state index contributed by atoms with van der Waals surface area (Å²) in [6, 6.07) is 0.